The molecule has 2 aliphatic heterocycles. The van der Waals surface area contributed by atoms with Gasteiger partial charge in [-0.1, -0.05) is 18.2 Å². The Bertz CT molecular complexity index is 848. The van der Waals surface area contributed by atoms with Gasteiger partial charge in [-0.25, -0.2) is 0 Å². The van der Waals surface area contributed by atoms with Crippen LogP contribution in [0.1, 0.15) is 12.8 Å². The van der Waals surface area contributed by atoms with Crippen LogP contribution in [0.15, 0.2) is 54.6 Å². The van der Waals surface area contributed by atoms with Crippen molar-refractivity contribution in [3.8, 4) is 0 Å². The van der Waals surface area contributed by atoms with E-state index in [0.29, 0.717) is 6.67 Å². The fraction of sp³-hybridized carbons (Fsp3) is 0.333. The van der Waals surface area contributed by atoms with Gasteiger partial charge in [-0.15, -0.1) is 0 Å². The van der Waals surface area contributed by atoms with Gasteiger partial charge < -0.3 is 20.4 Å². The smallest absolute Gasteiger partial charge is 0.247 e. The molecule has 0 atom stereocenters. The van der Waals surface area contributed by atoms with Crippen LogP contribution in [-0.2, 0) is 9.59 Å². The number of benzene rings is 2. The van der Waals surface area contributed by atoms with Crippen LogP contribution in [-0.4, -0.2) is 42.9 Å². The Kier molecular flexibility index (Phi) is 5.17. The van der Waals surface area contributed by atoms with Crippen molar-refractivity contribution in [3.05, 3.63) is 54.6 Å². The summed E-state index contributed by atoms with van der Waals surface area (Å²) in [4.78, 5) is 28.7. The van der Waals surface area contributed by atoms with Crippen molar-refractivity contribution >= 4 is 41.5 Å². The summed E-state index contributed by atoms with van der Waals surface area (Å²) in [7, 11) is 0. The molecule has 2 aliphatic rings. The van der Waals surface area contributed by atoms with Crippen molar-refractivity contribution in [2.45, 2.75) is 18.4 Å². The molecular formula is C21H24N4O2S. The maximum atomic E-state index is 12.7. The van der Waals surface area contributed by atoms with Crippen LogP contribution >= 0.6 is 12.6 Å². The Morgan fingerprint density at radius 2 is 1.71 bits per heavy atom. The van der Waals surface area contributed by atoms with Crippen LogP contribution in [0.4, 0.5) is 17.1 Å². The van der Waals surface area contributed by atoms with Gasteiger partial charge in [-0.3, -0.25) is 9.59 Å². The number of nitrogens with one attached hydrogen (secondary N) is 2. The number of hydrogen-bond donors (Lipinski definition) is 3. The van der Waals surface area contributed by atoms with Gasteiger partial charge in [0.1, 0.15) is 5.54 Å². The van der Waals surface area contributed by atoms with Crippen molar-refractivity contribution < 1.29 is 9.59 Å². The second-order valence-electron chi connectivity index (χ2n) is 7.20. The second-order valence-corrected chi connectivity index (χ2v) is 7.52. The molecule has 6 nitrogen and oxygen atoms in total. The number of carbonyl (C=O) groups is 2. The summed E-state index contributed by atoms with van der Waals surface area (Å²) in [5, 5.41) is 5.83. The molecular weight excluding hydrogens is 372 g/mol. The van der Waals surface area contributed by atoms with Gasteiger partial charge in [-0.05, 0) is 49.2 Å². The van der Waals surface area contributed by atoms with Gasteiger partial charge in [0.2, 0.25) is 11.8 Å². The van der Waals surface area contributed by atoms with E-state index in [1.807, 2.05) is 42.5 Å². The van der Waals surface area contributed by atoms with E-state index in [4.69, 9.17) is 0 Å². The van der Waals surface area contributed by atoms with Crippen molar-refractivity contribution in [2.24, 2.45) is 0 Å². The zero-order valence-corrected chi connectivity index (χ0v) is 16.5. The van der Waals surface area contributed by atoms with E-state index < -0.39 is 5.54 Å². The fourth-order valence-electron chi connectivity index (χ4n) is 4.12. The maximum absolute atomic E-state index is 12.7. The van der Waals surface area contributed by atoms with E-state index in [0.717, 1.165) is 43.0 Å². The highest BCUT2D eigenvalue weighted by molar-refractivity contribution is 7.81. The molecule has 2 aromatic rings. The Morgan fingerprint density at radius 1 is 1.04 bits per heavy atom. The van der Waals surface area contributed by atoms with E-state index in [2.05, 4.69) is 45.2 Å². The molecule has 2 fully saturated rings. The van der Waals surface area contributed by atoms with Gasteiger partial charge in [0.05, 0.1) is 12.4 Å². The van der Waals surface area contributed by atoms with Crippen molar-refractivity contribution in [2.75, 3.05) is 40.6 Å². The molecule has 2 N–H and O–H groups in total. The molecule has 4 rings (SSSR count). The first-order valence-corrected chi connectivity index (χ1v) is 10.1. The third-order valence-corrected chi connectivity index (χ3v) is 5.94. The molecule has 2 amide bonds. The van der Waals surface area contributed by atoms with E-state index in [1.165, 1.54) is 0 Å². The lowest BCUT2D eigenvalue weighted by Gasteiger charge is -2.44. The summed E-state index contributed by atoms with van der Waals surface area (Å²) in [6, 6.07) is 18.0. The average molecular weight is 397 g/mol. The minimum Gasteiger partial charge on any atom is -0.371 e. The van der Waals surface area contributed by atoms with Gasteiger partial charge in [0.25, 0.3) is 0 Å². The zero-order chi connectivity index (χ0) is 19.6. The summed E-state index contributed by atoms with van der Waals surface area (Å²) >= 11 is 3.97. The average Bonchev–Trinajstić information content (AvgIpc) is 3.05. The Balaban J connectivity index is 1.46. The third kappa shape index (κ3) is 3.42. The zero-order valence-electron chi connectivity index (χ0n) is 15.6. The monoisotopic (exact) mass is 396 g/mol. The van der Waals surface area contributed by atoms with Gasteiger partial charge >= 0.3 is 0 Å². The maximum Gasteiger partial charge on any atom is 0.247 e. The standard InChI is InChI=1S/C21H24N4O2S/c26-19(14-28)23-16-6-8-17(9-7-16)24-12-10-21(11-13-24)20(27)22-15-25(21)18-4-2-1-3-5-18/h1-9,28H,10-15H2,(H,22,27)(H,23,26). The van der Waals surface area contributed by atoms with Crippen LogP contribution in [0.5, 0.6) is 0 Å². The van der Waals surface area contributed by atoms with Crippen LogP contribution < -0.4 is 20.4 Å². The van der Waals surface area contributed by atoms with Gasteiger partial charge in [0.15, 0.2) is 0 Å². The summed E-state index contributed by atoms with van der Waals surface area (Å²) in [6.45, 7) is 2.17. The molecule has 0 saturated carbocycles. The highest BCUT2D eigenvalue weighted by atomic mass is 32.1. The number of nitrogens with zero attached hydrogens (tertiary/aromatic N) is 2. The molecule has 0 unspecified atom stereocenters. The van der Waals surface area contributed by atoms with Crippen molar-refractivity contribution in [3.63, 3.8) is 0 Å². The summed E-state index contributed by atoms with van der Waals surface area (Å²) in [5.41, 5.74) is 2.47. The van der Waals surface area contributed by atoms with Crippen LogP contribution in [0.2, 0.25) is 0 Å². The molecule has 0 aromatic heterocycles. The lowest BCUT2D eigenvalue weighted by molar-refractivity contribution is -0.124. The first-order chi connectivity index (χ1) is 13.6. The molecule has 28 heavy (non-hydrogen) atoms. The minimum absolute atomic E-state index is 0.121. The predicted octanol–water partition coefficient (Wildman–Crippen LogP) is 2.49. The first-order valence-electron chi connectivity index (χ1n) is 9.49. The Labute approximate surface area is 170 Å². The van der Waals surface area contributed by atoms with Crippen LogP contribution in [0, 0.1) is 0 Å². The largest absolute Gasteiger partial charge is 0.371 e. The normalized spacial score (nSPS) is 18.2. The number of amides is 2. The molecule has 0 aliphatic carbocycles. The van der Waals surface area contributed by atoms with Crippen LogP contribution in [0.25, 0.3) is 0 Å². The molecule has 2 heterocycles. The summed E-state index contributed by atoms with van der Waals surface area (Å²) in [6.07, 6.45) is 1.54. The molecule has 146 valence electrons. The Hall–Kier alpha value is -2.67. The fourth-order valence-corrected chi connectivity index (χ4v) is 4.20. The SMILES string of the molecule is O=C(CS)Nc1ccc(N2CCC3(CC2)C(=O)NCN3c2ccccc2)cc1. The van der Waals surface area contributed by atoms with E-state index in [-0.39, 0.29) is 17.6 Å². The number of rotatable bonds is 4. The Morgan fingerprint density at radius 3 is 2.36 bits per heavy atom. The topological polar surface area (TPSA) is 64.7 Å². The molecule has 1 spiro atoms. The van der Waals surface area contributed by atoms with Gasteiger partial charge in [0, 0.05) is 30.2 Å². The molecule has 2 aromatic carbocycles. The number of para-hydroxylation sites is 1. The highest BCUT2D eigenvalue weighted by Crippen LogP contribution is 2.37. The predicted molar refractivity (Wildman–Crippen MR) is 115 cm³/mol. The summed E-state index contributed by atoms with van der Waals surface area (Å²) in [5.74, 6) is 0.167. The number of piperidine rings is 1. The third-order valence-electron chi connectivity index (χ3n) is 5.66. The lowest BCUT2D eigenvalue weighted by Crippen LogP contribution is -2.56. The molecule has 2 saturated heterocycles. The molecule has 0 radical (unpaired) electrons. The number of carbonyl (C=O) groups excluding carboxylic acids is 2. The number of hydrogen-bond acceptors (Lipinski definition) is 5. The number of anilines is 3. The van der Waals surface area contributed by atoms with Gasteiger partial charge in [-0.2, -0.15) is 12.6 Å². The lowest BCUT2D eigenvalue weighted by atomic mass is 9.85. The summed E-state index contributed by atoms with van der Waals surface area (Å²) < 4.78 is 0. The molecule has 0 bridgehead atoms. The van der Waals surface area contributed by atoms with E-state index >= 15 is 0 Å². The number of thiol groups is 1. The van der Waals surface area contributed by atoms with E-state index in [1.54, 1.807) is 0 Å². The second kappa shape index (κ2) is 7.75. The first kappa shape index (κ1) is 18.7. The van der Waals surface area contributed by atoms with Crippen molar-refractivity contribution in [1.82, 2.24) is 5.32 Å². The van der Waals surface area contributed by atoms with Crippen LogP contribution in [0.3, 0.4) is 0 Å². The molecule has 7 heteroatoms. The highest BCUT2D eigenvalue weighted by Gasteiger charge is 2.50. The quantitative estimate of drug-likeness (QED) is 0.695. The minimum atomic E-state index is -0.474. The van der Waals surface area contributed by atoms with Crippen molar-refractivity contribution in [1.29, 1.82) is 0 Å². The van der Waals surface area contributed by atoms with E-state index in [9.17, 15) is 9.59 Å².